The molecule has 1 amide bonds. The van der Waals surface area contributed by atoms with Gasteiger partial charge in [-0.05, 0) is 30.5 Å². The van der Waals surface area contributed by atoms with Crippen LogP contribution in [0.15, 0.2) is 24.3 Å². The minimum Gasteiger partial charge on any atom is -0.497 e. The molecule has 1 unspecified atom stereocenters. The van der Waals surface area contributed by atoms with E-state index in [4.69, 9.17) is 9.47 Å². The topological polar surface area (TPSA) is 65.1 Å². The van der Waals surface area contributed by atoms with Crippen molar-refractivity contribution in [2.45, 2.75) is 31.8 Å². The Morgan fingerprint density at radius 1 is 1.25 bits per heavy atom. The number of hydrogen-bond acceptors (Lipinski definition) is 5. The van der Waals surface area contributed by atoms with E-state index < -0.39 is 0 Å². The summed E-state index contributed by atoms with van der Waals surface area (Å²) in [5, 5.41) is 0. The highest BCUT2D eigenvalue weighted by Gasteiger charge is 2.23. The maximum absolute atomic E-state index is 12.6. The summed E-state index contributed by atoms with van der Waals surface area (Å²) in [4.78, 5) is 25.7. The molecule has 0 aromatic heterocycles. The minimum absolute atomic E-state index is 0.0143. The Morgan fingerprint density at radius 2 is 2.00 bits per heavy atom. The molecule has 1 heterocycles. The molecule has 0 spiro atoms. The van der Waals surface area contributed by atoms with Crippen LogP contribution in [-0.2, 0) is 25.5 Å². The van der Waals surface area contributed by atoms with Crippen LogP contribution in [-0.4, -0.2) is 56.8 Å². The van der Waals surface area contributed by atoms with E-state index in [9.17, 15) is 9.59 Å². The number of carbonyl (C=O) groups is 2. The van der Waals surface area contributed by atoms with Crippen LogP contribution in [0.5, 0.6) is 5.75 Å². The summed E-state index contributed by atoms with van der Waals surface area (Å²) in [5.41, 5.74) is 0.913. The fourth-order valence-corrected chi connectivity index (χ4v) is 2.71. The van der Waals surface area contributed by atoms with Crippen molar-refractivity contribution in [1.29, 1.82) is 0 Å². The Morgan fingerprint density at radius 3 is 2.58 bits per heavy atom. The van der Waals surface area contributed by atoms with Gasteiger partial charge >= 0.3 is 5.97 Å². The van der Waals surface area contributed by atoms with E-state index in [0.29, 0.717) is 13.1 Å². The molecule has 0 aliphatic carbocycles. The highest BCUT2D eigenvalue weighted by Crippen LogP contribution is 2.16. The molecule has 0 radical (unpaired) electrons. The van der Waals surface area contributed by atoms with Crippen LogP contribution in [0, 0.1) is 0 Å². The summed E-state index contributed by atoms with van der Waals surface area (Å²) in [5.74, 6) is 0.428. The van der Waals surface area contributed by atoms with Crippen LogP contribution in [0.3, 0.4) is 0 Å². The molecule has 0 bridgehead atoms. The average Bonchev–Trinajstić information content (AvgIpc) is 3.11. The molecule has 1 aliphatic rings. The summed E-state index contributed by atoms with van der Waals surface area (Å²) in [7, 11) is 2.96. The van der Waals surface area contributed by atoms with Crippen molar-refractivity contribution >= 4 is 11.9 Å². The first-order chi connectivity index (χ1) is 11.6. The van der Waals surface area contributed by atoms with Crippen LogP contribution >= 0.6 is 0 Å². The van der Waals surface area contributed by atoms with E-state index in [0.717, 1.165) is 30.8 Å². The Hall–Kier alpha value is -2.08. The third-order valence-electron chi connectivity index (χ3n) is 4.13. The van der Waals surface area contributed by atoms with E-state index in [1.807, 2.05) is 24.3 Å². The molecule has 132 valence electrons. The molecule has 24 heavy (non-hydrogen) atoms. The maximum atomic E-state index is 12.6. The number of rotatable bonds is 8. The van der Waals surface area contributed by atoms with Gasteiger partial charge in [0, 0.05) is 19.7 Å². The van der Waals surface area contributed by atoms with Gasteiger partial charge in [0.05, 0.1) is 33.2 Å². The molecule has 2 rings (SSSR count). The molecular weight excluding hydrogens is 310 g/mol. The molecular formula is C18H25NO5. The second-order valence-corrected chi connectivity index (χ2v) is 5.83. The zero-order chi connectivity index (χ0) is 17.4. The fourth-order valence-electron chi connectivity index (χ4n) is 2.71. The maximum Gasteiger partial charge on any atom is 0.307 e. The SMILES string of the molecule is COC(=O)CCN(CC1CCCO1)C(=O)Cc1ccc(OC)cc1. The number of amides is 1. The molecule has 1 aromatic carbocycles. The normalized spacial score (nSPS) is 16.7. The first-order valence-corrected chi connectivity index (χ1v) is 8.21. The van der Waals surface area contributed by atoms with Gasteiger partial charge in [0.1, 0.15) is 5.75 Å². The molecule has 1 atom stereocenters. The fraction of sp³-hybridized carbons (Fsp3) is 0.556. The van der Waals surface area contributed by atoms with Gasteiger partial charge in [-0.25, -0.2) is 0 Å². The number of nitrogens with zero attached hydrogens (tertiary/aromatic N) is 1. The first-order valence-electron chi connectivity index (χ1n) is 8.21. The van der Waals surface area contributed by atoms with Crippen molar-refractivity contribution in [3.8, 4) is 5.75 Å². The van der Waals surface area contributed by atoms with Crippen molar-refractivity contribution < 1.29 is 23.8 Å². The van der Waals surface area contributed by atoms with Crippen LogP contribution < -0.4 is 4.74 Å². The van der Waals surface area contributed by atoms with Crippen LogP contribution in [0.25, 0.3) is 0 Å². The molecule has 0 saturated carbocycles. The predicted octanol–water partition coefficient (Wildman–Crippen LogP) is 1.81. The monoisotopic (exact) mass is 335 g/mol. The van der Waals surface area contributed by atoms with Crippen molar-refractivity contribution in [1.82, 2.24) is 4.90 Å². The first kappa shape index (κ1) is 18.3. The van der Waals surface area contributed by atoms with E-state index in [2.05, 4.69) is 4.74 Å². The third kappa shape index (κ3) is 5.53. The van der Waals surface area contributed by atoms with Gasteiger partial charge in [-0.3, -0.25) is 9.59 Å². The molecule has 6 heteroatoms. The number of carbonyl (C=O) groups excluding carboxylic acids is 2. The van der Waals surface area contributed by atoms with Crippen molar-refractivity contribution in [2.75, 3.05) is 33.9 Å². The van der Waals surface area contributed by atoms with E-state index >= 15 is 0 Å². The quantitative estimate of drug-likeness (QED) is 0.678. The summed E-state index contributed by atoms with van der Waals surface area (Å²) in [6, 6.07) is 7.42. The highest BCUT2D eigenvalue weighted by atomic mass is 16.5. The highest BCUT2D eigenvalue weighted by molar-refractivity contribution is 5.79. The van der Waals surface area contributed by atoms with Crippen molar-refractivity contribution in [3.63, 3.8) is 0 Å². The Bertz CT molecular complexity index is 537. The predicted molar refractivity (Wildman–Crippen MR) is 88.9 cm³/mol. The van der Waals surface area contributed by atoms with Gasteiger partial charge in [-0.2, -0.15) is 0 Å². The molecule has 1 aliphatic heterocycles. The van der Waals surface area contributed by atoms with Gasteiger partial charge in [0.15, 0.2) is 0 Å². The van der Waals surface area contributed by atoms with E-state index in [-0.39, 0.29) is 30.8 Å². The summed E-state index contributed by atoms with van der Waals surface area (Å²) < 4.78 is 15.4. The van der Waals surface area contributed by atoms with Crippen molar-refractivity contribution in [2.24, 2.45) is 0 Å². The van der Waals surface area contributed by atoms with Crippen LogP contribution in [0.2, 0.25) is 0 Å². The third-order valence-corrected chi connectivity index (χ3v) is 4.13. The molecule has 0 N–H and O–H groups in total. The summed E-state index contributed by atoms with van der Waals surface area (Å²) in [6.07, 6.45) is 2.50. The van der Waals surface area contributed by atoms with Gasteiger partial charge in [0.25, 0.3) is 0 Å². The minimum atomic E-state index is -0.315. The number of ether oxygens (including phenoxy) is 3. The zero-order valence-electron chi connectivity index (χ0n) is 14.3. The number of benzene rings is 1. The van der Waals surface area contributed by atoms with Gasteiger partial charge in [0.2, 0.25) is 5.91 Å². The second-order valence-electron chi connectivity index (χ2n) is 5.83. The van der Waals surface area contributed by atoms with Crippen LogP contribution in [0.4, 0.5) is 0 Å². The lowest BCUT2D eigenvalue weighted by molar-refractivity contribution is -0.142. The Balaban J connectivity index is 1.96. The van der Waals surface area contributed by atoms with E-state index in [1.54, 1.807) is 12.0 Å². The summed E-state index contributed by atoms with van der Waals surface area (Å²) >= 11 is 0. The van der Waals surface area contributed by atoms with Gasteiger partial charge in [-0.15, -0.1) is 0 Å². The largest absolute Gasteiger partial charge is 0.497 e. The number of hydrogen-bond donors (Lipinski definition) is 0. The molecule has 6 nitrogen and oxygen atoms in total. The molecule has 1 aromatic rings. The smallest absolute Gasteiger partial charge is 0.307 e. The number of methoxy groups -OCH3 is 2. The van der Waals surface area contributed by atoms with Crippen molar-refractivity contribution in [3.05, 3.63) is 29.8 Å². The lowest BCUT2D eigenvalue weighted by Gasteiger charge is -2.25. The van der Waals surface area contributed by atoms with E-state index in [1.165, 1.54) is 7.11 Å². The van der Waals surface area contributed by atoms with Gasteiger partial charge in [-0.1, -0.05) is 12.1 Å². The average molecular weight is 335 g/mol. The lowest BCUT2D eigenvalue weighted by atomic mass is 10.1. The lowest BCUT2D eigenvalue weighted by Crippen LogP contribution is -2.39. The van der Waals surface area contributed by atoms with Gasteiger partial charge < -0.3 is 19.1 Å². The summed E-state index contributed by atoms with van der Waals surface area (Å²) in [6.45, 7) is 1.61. The zero-order valence-corrected chi connectivity index (χ0v) is 14.3. The Kier molecular flexibility index (Phi) is 7.06. The standard InChI is InChI=1S/C18H25NO5/c1-22-15-7-5-14(6-8-15)12-17(20)19(10-9-18(21)23-2)13-16-4-3-11-24-16/h5-8,16H,3-4,9-13H2,1-2H3. The molecule has 1 saturated heterocycles. The second kappa shape index (κ2) is 9.27. The molecule has 1 fully saturated rings. The number of esters is 1. The Labute approximate surface area is 142 Å². The van der Waals surface area contributed by atoms with Crippen LogP contribution in [0.1, 0.15) is 24.8 Å².